The summed E-state index contributed by atoms with van der Waals surface area (Å²) in [7, 11) is 1.77. The maximum absolute atomic E-state index is 12.2. The molecule has 19 heavy (non-hydrogen) atoms. The third kappa shape index (κ3) is 2.87. The summed E-state index contributed by atoms with van der Waals surface area (Å²) >= 11 is 5.03. The molecule has 0 saturated heterocycles. The number of nitrogens with zero attached hydrogens (tertiary/aromatic N) is 3. The minimum absolute atomic E-state index is 0.146. The van der Waals surface area contributed by atoms with Crippen LogP contribution in [-0.2, 0) is 6.54 Å². The summed E-state index contributed by atoms with van der Waals surface area (Å²) in [6, 6.07) is 2.02. The average molecular weight is 341 g/mol. The fourth-order valence-corrected chi connectivity index (χ4v) is 3.33. The quantitative estimate of drug-likeness (QED) is 0.930. The van der Waals surface area contributed by atoms with Crippen molar-refractivity contribution in [2.75, 3.05) is 7.05 Å². The van der Waals surface area contributed by atoms with Crippen LogP contribution >= 0.6 is 27.3 Å². The monoisotopic (exact) mass is 340 g/mol. The summed E-state index contributed by atoms with van der Waals surface area (Å²) in [5, 5.41) is 8.88. The molecule has 2 aromatic heterocycles. The number of hydrogen-bond donors (Lipinski definition) is 1. The minimum atomic E-state index is -0.146. The second-order valence-electron chi connectivity index (χ2n) is 4.71. The van der Waals surface area contributed by atoms with Gasteiger partial charge >= 0.3 is 0 Å². The van der Waals surface area contributed by atoms with Crippen molar-refractivity contribution in [3.05, 3.63) is 32.4 Å². The lowest BCUT2D eigenvalue weighted by molar-refractivity contribution is 0.0774. The highest BCUT2D eigenvalue weighted by Gasteiger charge is 2.28. The van der Waals surface area contributed by atoms with Crippen molar-refractivity contribution in [3.63, 3.8) is 0 Å². The Kier molecular flexibility index (Phi) is 3.40. The largest absolute Gasteiger partial charge is 0.334 e. The van der Waals surface area contributed by atoms with E-state index >= 15 is 0 Å². The Morgan fingerprint density at radius 2 is 2.42 bits per heavy atom. The van der Waals surface area contributed by atoms with Gasteiger partial charge in [-0.15, -0.1) is 16.4 Å². The van der Waals surface area contributed by atoms with E-state index in [2.05, 4.69) is 31.1 Å². The van der Waals surface area contributed by atoms with Gasteiger partial charge in [0, 0.05) is 27.7 Å². The number of hydrogen-bond acceptors (Lipinski definition) is 4. The van der Waals surface area contributed by atoms with Gasteiger partial charge < -0.3 is 4.90 Å². The maximum Gasteiger partial charge on any atom is 0.293 e. The van der Waals surface area contributed by atoms with Gasteiger partial charge in [0.25, 0.3) is 5.91 Å². The molecule has 100 valence electrons. The Labute approximate surface area is 123 Å². The first-order chi connectivity index (χ1) is 9.13. The first-order valence-electron chi connectivity index (χ1n) is 6.04. The summed E-state index contributed by atoms with van der Waals surface area (Å²) in [5.74, 6) is 1.44. The molecule has 1 N–H and O–H groups in total. The van der Waals surface area contributed by atoms with Crippen molar-refractivity contribution in [2.24, 2.45) is 0 Å². The second-order valence-corrected chi connectivity index (χ2v) is 6.62. The van der Waals surface area contributed by atoms with Crippen molar-refractivity contribution in [1.29, 1.82) is 0 Å². The van der Waals surface area contributed by atoms with Crippen molar-refractivity contribution in [2.45, 2.75) is 25.3 Å². The van der Waals surface area contributed by atoms with E-state index in [1.807, 2.05) is 11.4 Å². The van der Waals surface area contributed by atoms with Gasteiger partial charge in [-0.2, -0.15) is 0 Å². The molecule has 0 atom stereocenters. The van der Waals surface area contributed by atoms with Crippen LogP contribution in [0.25, 0.3) is 0 Å². The zero-order chi connectivity index (χ0) is 13.4. The van der Waals surface area contributed by atoms with E-state index in [1.54, 1.807) is 23.3 Å². The highest BCUT2D eigenvalue weighted by molar-refractivity contribution is 9.10. The van der Waals surface area contributed by atoms with Gasteiger partial charge in [-0.3, -0.25) is 9.89 Å². The molecule has 1 aliphatic rings. The van der Waals surface area contributed by atoms with Gasteiger partial charge in [-0.05, 0) is 34.8 Å². The lowest BCUT2D eigenvalue weighted by atomic mass is 10.4. The molecule has 3 rings (SSSR count). The van der Waals surface area contributed by atoms with Crippen molar-refractivity contribution in [1.82, 2.24) is 20.1 Å². The first-order valence-corrected chi connectivity index (χ1v) is 7.71. The lowest BCUT2D eigenvalue weighted by Gasteiger charge is -2.13. The fraction of sp³-hybridized carbons (Fsp3) is 0.417. The smallest absolute Gasteiger partial charge is 0.293 e. The molecule has 1 fully saturated rings. The highest BCUT2D eigenvalue weighted by Crippen LogP contribution is 2.37. The van der Waals surface area contributed by atoms with Crippen LogP contribution in [0, 0.1) is 0 Å². The molecule has 2 aromatic rings. The molecular formula is C12H13BrN4OS. The molecule has 1 saturated carbocycles. The van der Waals surface area contributed by atoms with Gasteiger partial charge in [0.2, 0.25) is 5.82 Å². The molecule has 5 nitrogen and oxygen atoms in total. The molecule has 0 aromatic carbocycles. The summed E-state index contributed by atoms with van der Waals surface area (Å²) < 4.78 is 1.04. The van der Waals surface area contributed by atoms with Crippen molar-refractivity contribution >= 4 is 33.2 Å². The van der Waals surface area contributed by atoms with Crippen LogP contribution in [0.3, 0.4) is 0 Å². The third-order valence-corrected chi connectivity index (χ3v) is 4.70. The van der Waals surface area contributed by atoms with Gasteiger partial charge in [0.1, 0.15) is 5.82 Å². The number of halogens is 1. The van der Waals surface area contributed by atoms with E-state index in [-0.39, 0.29) is 11.7 Å². The van der Waals surface area contributed by atoms with E-state index < -0.39 is 0 Å². The van der Waals surface area contributed by atoms with Crippen LogP contribution in [0.1, 0.15) is 40.1 Å². The van der Waals surface area contributed by atoms with E-state index in [4.69, 9.17) is 0 Å². The van der Waals surface area contributed by atoms with E-state index in [1.165, 1.54) is 0 Å². The molecule has 7 heteroatoms. The topological polar surface area (TPSA) is 61.9 Å². The minimum Gasteiger partial charge on any atom is -0.334 e. The van der Waals surface area contributed by atoms with Crippen molar-refractivity contribution < 1.29 is 4.79 Å². The predicted octanol–water partition coefficient (Wildman–Crippen LogP) is 2.78. The number of carbonyl (C=O) groups is 1. The molecule has 0 unspecified atom stereocenters. The van der Waals surface area contributed by atoms with Gasteiger partial charge in [-0.1, -0.05) is 0 Å². The van der Waals surface area contributed by atoms with E-state index in [9.17, 15) is 4.79 Å². The van der Waals surface area contributed by atoms with Crippen LogP contribution in [-0.4, -0.2) is 33.0 Å². The predicted molar refractivity (Wildman–Crippen MR) is 76.2 cm³/mol. The summed E-state index contributed by atoms with van der Waals surface area (Å²) in [5.41, 5.74) is 0. The number of nitrogens with one attached hydrogen (secondary N) is 1. The van der Waals surface area contributed by atoms with E-state index in [0.29, 0.717) is 12.5 Å². The number of aromatic amines is 1. The molecule has 1 amide bonds. The fourth-order valence-electron chi connectivity index (χ4n) is 1.82. The number of amides is 1. The average Bonchev–Trinajstić information content (AvgIpc) is 2.98. The van der Waals surface area contributed by atoms with Gasteiger partial charge in [-0.25, -0.2) is 4.98 Å². The lowest BCUT2D eigenvalue weighted by Crippen LogP contribution is -2.26. The number of H-pyrrole nitrogens is 1. The maximum atomic E-state index is 12.2. The molecule has 0 spiro atoms. The van der Waals surface area contributed by atoms with Gasteiger partial charge in [0.15, 0.2) is 0 Å². The standard InChI is InChI=1S/C12H13BrN4OS/c1-17(5-9-4-8(13)6-19-9)12(18)11-14-10(15-16-11)7-2-3-7/h4,6-7H,2-3,5H2,1H3,(H,14,15,16). The Hall–Kier alpha value is -1.21. The number of rotatable bonds is 4. The van der Waals surface area contributed by atoms with E-state index in [0.717, 1.165) is 28.0 Å². The van der Waals surface area contributed by atoms with Crippen LogP contribution in [0.15, 0.2) is 15.9 Å². The molecule has 0 bridgehead atoms. The highest BCUT2D eigenvalue weighted by atomic mass is 79.9. The summed E-state index contributed by atoms with van der Waals surface area (Å²) in [4.78, 5) is 19.2. The Morgan fingerprint density at radius 1 is 1.63 bits per heavy atom. The number of aromatic nitrogens is 3. The van der Waals surface area contributed by atoms with Crippen LogP contribution in [0.5, 0.6) is 0 Å². The van der Waals surface area contributed by atoms with Crippen LogP contribution < -0.4 is 0 Å². The molecule has 1 aliphatic carbocycles. The molecule has 2 heterocycles. The SMILES string of the molecule is CN(Cc1cc(Br)cs1)C(=O)c1n[nH]c(C2CC2)n1. The van der Waals surface area contributed by atoms with Crippen LogP contribution in [0.2, 0.25) is 0 Å². The number of thiophene rings is 1. The Balaban J connectivity index is 1.67. The Morgan fingerprint density at radius 3 is 3.05 bits per heavy atom. The molecule has 0 aliphatic heterocycles. The van der Waals surface area contributed by atoms with Crippen molar-refractivity contribution in [3.8, 4) is 0 Å². The second kappa shape index (κ2) is 5.05. The van der Waals surface area contributed by atoms with Crippen LogP contribution in [0.4, 0.5) is 0 Å². The first kappa shape index (κ1) is 12.8. The Bertz CT molecular complexity index is 604. The molecule has 0 radical (unpaired) electrons. The van der Waals surface area contributed by atoms with Gasteiger partial charge in [0.05, 0.1) is 6.54 Å². The molecular weight excluding hydrogens is 328 g/mol. The number of carbonyl (C=O) groups excluding carboxylic acids is 1. The third-order valence-electron chi connectivity index (χ3n) is 3.02. The summed E-state index contributed by atoms with van der Waals surface area (Å²) in [6.45, 7) is 0.572. The normalized spacial score (nSPS) is 14.6. The zero-order valence-electron chi connectivity index (χ0n) is 10.4. The zero-order valence-corrected chi connectivity index (χ0v) is 12.8. The summed E-state index contributed by atoms with van der Waals surface area (Å²) in [6.07, 6.45) is 2.28.